The molecule has 2 aromatic rings. The van der Waals surface area contributed by atoms with Crippen LogP contribution in [0, 0.1) is 10.8 Å². The first-order chi connectivity index (χ1) is 14.7. The highest BCUT2D eigenvalue weighted by Crippen LogP contribution is 2.54. The van der Waals surface area contributed by atoms with Crippen LogP contribution in [0.4, 0.5) is 0 Å². The summed E-state index contributed by atoms with van der Waals surface area (Å²) in [5.41, 5.74) is 1.51. The molecule has 5 nitrogen and oxygen atoms in total. The lowest BCUT2D eigenvalue weighted by Crippen LogP contribution is -2.42. The monoisotopic (exact) mass is 434 g/mol. The Morgan fingerprint density at radius 3 is 2.42 bits per heavy atom. The number of Topliss-reactive ketones (excluding diaryl/α,β-unsaturated/α-hetero) is 2. The van der Waals surface area contributed by atoms with Gasteiger partial charge in [0.2, 0.25) is 11.6 Å². The topological polar surface area (TPSA) is 66.5 Å². The van der Waals surface area contributed by atoms with Gasteiger partial charge in [0.15, 0.2) is 0 Å². The summed E-state index contributed by atoms with van der Waals surface area (Å²) in [6.07, 6.45) is 3.03. The fourth-order valence-corrected chi connectivity index (χ4v) is 6.68. The number of hydrogen-bond donors (Lipinski definition) is 1. The molecule has 1 saturated heterocycles. The lowest BCUT2D eigenvalue weighted by molar-refractivity contribution is 0.0894. The summed E-state index contributed by atoms with van der Waals surface area (Å²) in [7, 11) is 0. The summed E-state index contributed by atoms with van der Waals surface area (Å²) in [5, 5.41) is 4.64. The Morgan fingerprint density at radius 1 is 1.03 bits per heavy atom. The molecule has 1 aromatic heterocycles. The van der Waals surface area contributed by atoms with E-state index in [9.17, 15) is 14.4 Å². The van der Waals surface area contributed by atoms with E-state index in [0.717, 1.165) is 25.8 Å². The highest BCUT2D eigenvalue weighted by atomic mass is 32.1. The first-order valence-corrected chi connectivity index (χ1v) is 11.6. The van der Waals surface area contributed by atoms with Gasteiger partial charge in [-0.15, -0.1) is 11.3 Å². The summed E-state index contributed by atoms with van der Waals surface area (Å²) in [6.45, 7) is 7.54. The number of thiophene rings is 1. The molecule has 1 aliphatic heterocycles. The maximum atomic E-state index is 13.7. The van der Waals surface area contributed by atoms with Gasteiger partial charge in [-0.05, 0) is 41.5 Å². The average Bonchev–Trinajstić information content (AvgIpc) is 3.32. The molecular formula is C25H26N2O3S. The molecule has 0 radical (unpaired) electrons. The van der Waals surface area contributed by atoms with E-state index in [1.807, 2.05) is 5.38 Å². The number of carbonyl (C=O) groups excluding carboxylic acids is 3. The van der Waals surface area contributed by atoms with Crippen molar-refractivity contribution in [3.8, 4) is 0 Å². The fourth-order valence-electron chi connectivity index (χ4n) is 6.06. The van der Waals surface area contributed by atoms with Crippen molar-refractivity contribution in [2.45, 2.75) is 46.1 Å². The third kappa shape index (κ3) is 3.33. The quantitative estimate of drug-likeness (QED) is 0.762. The number of nitrogens with one attached hydrogen (secondary N) is 1. The van der Waals surface area contributed by atoms with Crippen LogP contribution in [-0.4, -0.2) is 35.0 Å². The Hall–Kier alpha value is -2.73. The van der Waals surface area contributed by atoms with Gasteiger partial charge in [0.05, 0.1) is 4.88 Å². The molecule has 2 atom stereocenters. The van der Waals surface area contributed by atoms with Crippen molar-refractivity contribution in [1.82, 2.24) is 10.2 Å². The average molecular weight is 435 g/mol. The van der Waals surface area contributed by atoms with E-state index in [1.165, 1.54) is 11.3 Å². The lowest BCUT2D eigenvalue weighted by atomic mass is 9.65. The highest BCUT2D eigenvalue weighted by Gasteiger charge is 2.52. The Morgan fingerprint density at radius 2 is 1.74 bits per heavy atom. The van der Waals surface area contributed by atoms with Crippen molar-refractivity contribution in [2.24, 2.45) is 10.8 Å². The Kier molecular flexibility index (Phi) is 4.49. The van der Waals surface area contributed by atoms with Crippen LogP contribution in [0.3, 0.4) is 0 Å². The van der Waals surface area contributed by atoms with Crippen LogP contribution in [0.5, 0.6) is 0 Å². The molecular weight excluding hydrogens is 408 g/mol. The van der Waals surface area contributed by atoms with Crippen molar-refractivity contribution in [3.63, 3.8) is 0 Å². The zero-order valence-corrected chi connectivity index (χ0v) is 18.8. The van der Waals surface area contributed by atoms with Gasteiger partial charge in [0.25, 0.3) is 5.91 Å². The Balaban J connectivity index is 1.62. The van der Waals surface area contributed by atoms with E-state index in [4.69, 9.17) is 0 Å². The number of hydrogen-bond acceptors (Lipinski definition) is 5. The molecule has 1 N–H and O–H groups in total. The largest absolute Gasteiger partial charge is 0.363 e. The number of rotatable bonds is 3. The van der Waals surface area contributed by atoms with Gasteiger partial charge in [0, 0.05) is 23.7 Å². The summed E-state index contributed by atoms with van der Waals surface area (Å²) in [5.74, 6) is -0.816. The van der Waals surface area contributed by atoms with Crippen LogP contribution >= 0.6 is 11.3 Å². The van der Waals surface area contributed by atoms with Crippen LogP contribution in [0.2, 0.25) is 0 Å². The minimum absolute atomic E-state index is 0.0859. The number of carbonyl (C=O) groups is 3. The van der Waals surface area contributed by atoms with Gasteiger partial charge in [0.1, 0.15) is 11.4 Å². The number of nitrogens with zero attached hydrogens (tertiary/aromatic N) is 1. The van der Waals surface area contributed by atoms with E-state index in [2.05, 4.69) is 31.0 Å². The molecule has 160 valence electrons. The van der Waals surface area contributed by atoms with Crippen molar-refractivity contribution >= 4 is 28.8 Å². The van der Waals surface area contributed by atoms with Gasteiger partial charge in [-0.2, -0.15) is 0 Å². The SMILES string of the molecule is CC1(C)CC2CC(C)(CN2C2=C(NC(=O)c3cccs3)C(=O)c3ccccc3C2=O)C1. The zero-order valence-electron chi connectivity index (χ0n) is 18.0. The number of fused-ring (bicyclic) bond motifs is 3. The van der Waals surface area contributed by atoms with Gasteiger partial charge in [-0.25, -0.2) is 0 Å². The first-order valence-electron chi connectivity index (χ1n) is 10.7. The van der Waals surface area contributed by atoms with Crippen LogP contribution in [0.15, 0.2) is 53.2 Å². The van der Waals surface area contributed by atoms with E-state index < -0.39 is 0 Å². The predicted molar refractivity (Wildman–Crippen MR) is 120 cm³/mol. The first kappa shape index (κ1) is 20.2. The molecule has 31 heavy (non-hydrogen) atoms. The Labute approximate surface area is 186 Å². The number of benzene rings is 1. The highest BCUT2D eigenvalue weighted by molar-refractivity contribution is 7.12. The molecule has 6 heteroatoms. The van der Waals surface area contributed by atoms with Gasteiger partial charge >= 0.3 is 0 Å². The summed E-state index contributed by atoms with van der Waals surface area (Å²) >= 11 is 1.31. The molecule has 2 unspecified atom stereocenters. The minimum Gasteiger partial charge on any atom is -0.363 e. The summed E-state index contributed by atoms with van der Waals surface area (Å²) in [6, 6.07) is 10.6. The van der Waals surface area contributed by atoms with E-state index in [0.29, 0.717) is 21.7 Å². The summed E-state index contributed by atoms with van der Waals surface area (Å²) < 4.78 is 0. The predicted octanol–water partition coefficient (Wildman–Crippen LogP) is 4.67. The molecule has 1 amide bonds. The molecule has 5 rings (SSSR count). The molecule has 1 aromatic carbocycles. The lowest BCUT2D eigenvalue weighted by Gasteiger charge is -2.40. The molecule has 2 heterocycles. The van der Waals surface area contributed by atoms with Crippen molar-refractivity contribution in [3.05, 3.63) is 69.2 Å². The number of amides is 1. The van der Waals surface area contributed by atoms with Gasteiger partial charge in [-0.3, -0.25) is 14.4 Å². The molecule has 0 spiro atoms. The van der Waals surface area contributed by atoms with E-state index in [1.54, 1.807) is 36.4 Å². The number of allylic oxidation sites excluding steroid dienone is 2. The number of likely N-dealkylation sites (tertiary alicyclic amines) is 1. The van der Waals surface area contributed by atoms with Gasteiger partial charge in [-0.1, -0.05) is 51.1 Å². The maximum absolute atomic E-state index is 13.7. The third-order valence-electron chi connectivity index (χ3n) is 6.78. The fraction of sp³-hybridized carbons (Fsp3) is 0.400. The van der Waals surface area contributed by atoms with Crippen LogP contribution in [0.1, 0.15) is 70.4 Å². The Bertz CT molecular complexity index is 1130. The molecule has 2 bridgehead atoms. The van der Waals surface area contributed by atoms with Crippen molar-refractivity contribution in [1.29, 1.82) is 0 Å². The zero-order chi connectivity index (χ0) is 22.0. The van der Waals surface area contributed by atoms with Crippen molar-refractivity contribution in [2.75, 3.05) is 6.54 Å². The van der Waals surface area contributed by atoms with Crippen LogP contribution < -0.4 is 5.32 Å². The van der Waals surface area contributed by atoms with Crippen LogP contribution in [-0.2, 0) is 0 Å². The second-order valence-corrected chi connectivity index (χ2v) is 11.1. The molecule has 1 saturated carbocycles. The maximum Gasteiger partial charge on any atom is 0.265 e. The van der Waals surface area contributed by atoms with E-state index in [-0.39, 0.29) is 40.0 Å². The minimum atomic E-state index is -0.350. The van der Waals surface area contributed by atoms with E-state index >= 15 is 0 Å². The molecule has 2 fully saturated rings. The smallest absolute Gasteiger partial charge is 0.265 e. The second-order valence-electron chi connectivity index (χ2n) is 10.2. The number of ketones is 2. The van der Waals surface area contributed by atoms with Crippen molar-refractivity contribution < 1.29 is 14.4 Å². The third-order valence-corrected chi connectivity index (χ3v) is 7.65. The normalized spacial score (nSPS) is 26.8. The molecule has 3 aliphatic rings. The molecule has 2 aliphatic carbocycles. The standard InChI is InChI=1S/C25H26N2O3S/c1-24(2)11-15-12-25(3,13-24)14-27(15)20-19(26-23(30)18-9-6-10-31-18)21(28)16-7-4-5-8-17(16)22(20)29/h4-10,15H,11-14H2,1-3H3,(H,26,30). The van der Waals surface area contributed by atoms with Gasteiger partial charge < -0.3 is 10.2 Å². The van der Waals surface area contributed by atoms with Crippen LogP contribution in [0.25, 0.3) is 0 Å². The second kappa shape index (κ2) is 6.89. The summed E-state index contributed by atoms with van der Waals surface area (Å²) in [4.78, 5) is 42.7.